The number of rotatable bonds is 8. The standard InChI is InChI=1S/C19H27N/c1-17(2)9-7-10-18(3)14-16-20-15-8-13-19-11-5-4-6-12-19/h4-6,8-9,11-14,20H,7,10,15-16H2,1-3H3/b13-8+,18-14+. The second kappa shape index (κ2) is 10.2. The van der Waals surface area contributed by atoms with Gasteiger partial charge >= 0.3 is 0 Å². The molecule has 0 aromatic heterocycles. The maximum atomic E-state index is 3.41. The van der Waals surface area contributed by atoms with Crippen LogP contribution in [0.5, 0.6) is 0 Å². The van der Waals surface area contributed by atoms with Gasteiger partial charge < -0.3 is 5.32 Å². The lowest BCUT2D eigenvalue weighted by molar-refractivity contribution is 0.831. The van der Waals surface area contributed by atoms with Gasteiger partial charge in [0.05, 0.1) is 0 Å². The van der Waals surface area contributed by atoms with Crippen LogP contribution in [-0.4, -0.2) is 13.1 Å². The molecule has 0 bridgehead atoms. The molecule has 0 aliphatic rings. The van der Waals surface area contributed by atoms with Gasteiger partial charge in [-0.1, -0.05) is 65.8 Å². The Morgan fingerprint density at radius 3 is 2.45 bits per heavy atom. The van der Waals surface area contributed by atoms with Gasteiger partial charge in [0.2, 0.25) is 0 Å². The topological polar surface area (TPSA) is 12.0 Å². The molecule has 0 spiro atoms. The zero-order valence-corrected chi connectivity index (χ0v) is 13.0. The highest BCUT2D eigenvalue weighted by Crippen LogP contribution is 2.05. The third kappa shape index (κ3) is 8.49. The Morgan fingerprint density at radius 1 is 1.00 bits per heavy atom. The molecule has 0 atom stereocenters. The van der Waals surface area contributed by atoms with Crippen LogP contribution in [0, 0.1) is 0 Å². The van der Waals surface area contributed by atoms with E-state index in [2.05, 4.69) is 74.7 Å². The molecule has 1 heteroatoms. The second-order valence-electron chi connectivity index (χ2n) is 5.34. The summed E-state index contributed by atoms with van der Waals surface area (Å²) in [5.41, 5.74) is 4.12. The number of benzene rings is 1. The first-order chi connectivity index (χ1) is 9.68. The summed E-state index contributed by atoms with van der Waals surface area (Å²) >= 11 is 0. The Hall–Kier alpha value is -1.60. The van der Waals surface area contributed by atoms with E-state index in [9.17, 15) is 0 Å². The Bertz CT molecular complexity index is 448. The molecule has 1 rings (SSSR count). The Labute approximate surface area is 124 Å². The van der Waals surface area contributed by atoms with Crippen LogP contribution in [0.4, 0.5) is 0 Å². The zero-order chi connectivity index (χ0) is 14.6. The predicted octanol–water partition coefficient (Wildman–Crippen LogP) is 4.98. The highest BCUT2D eigenvalue weighted by Gasteiger charge is 1.88. The Kier molecular flexibility index (Phi) is 8.41. The molecule has 0 heterocycles. The van der Waals surface area contributed by atoms with Crippen molar-refractivity contribution in [3.05, 3.63) is 65.3 Å². The monoisotopic (exact) mass is 269 g/mol. The minimum Gasteiger partial charge on any atom is -0.310 e. The molecular weight excluding hydrogens is 242 g/mol. The summed E-state index contributed by atoms with van der Waals surface area (Å²) in [6.45, 7) is 8.37. The highest BCUT2D eigenvalue weighted by molar-refractivity contribution is 5.48. The van der Waals surface area contributed by atoms with Crippen molar-refractivity contribution in [3.8, 4) is 0 Å². The lowest BCUT2D eigenvalue weighted by Crippen LogP contribution is -2.13. The largest absolute Gasteiger partial charge is 0.310 e. The van der Waals surface area contributed by atoms with Gasteiger partial charge in [-0.25, -0.2) is 0 Å². The van der Waals surface area contributed by atoms with Crippen LogP contribution in [-0.2, 0) is 0 Å². The number of allylic oxidation sites excluding steroid dienone is 3. The van der Waals surface area contributed by atoms with Crippen LogP contribution in [0.1, 0.15) is 39.2 Å². The van der Waals surface area contributed by atoms with Crippen LogP contribution in [0.3, 0.4) is 0 Å². The highest BCUT2D eigenvalue weighted by atomic mass is 14.8. The van der Waals surface area contributed by atoms with Gasteiger partial charge in [0.25, 0.3) is 0 Å². The first-order valence-electron chi connectivity index (χ1n) is 7.40. The lowest BCUT2D eigenvalue weighted by Gasteiger charge is -2.00. The van der Waals surface area contributed by atoms with E-state index in [-0.39, 0.29) is 0 Å². The normalized spacial score (nSPS) is 11.8. The van der Waals surface area contributed by atoms with Crippen molar-refractivity contribution < 1.29 is 0 Å². The minimum atomic E-state index is 0.909. The van der Waals surface area contributed by atoms with Crippen molar-refractivity contribution >= 4 is 6.08 Å². The molecule has 1 N–H and O–H groups in total. The van der Waals surface area contributed by atoms with Crippen molar-refractivity contribution in [2.75, 3.05) is 13.1 Å². The fourth-order valence-electron chi connectivity index (χ4n) is 1.86. The summed E-state index contributed by atoms with van der Waals surface area (Å²) in [6.07, 6.45) is 11.2. The maximum absolute atomic E-state index is 3.41. The molecule has 0 aliphatic carbocycles. The third-order valence-electron chi connectivity index (χ3n) is 3.06. The summed E-state index contributed by atoms with van der Waals surface area (Å²) in [5, 5.41) is 3.41. The average molecular weight is 269 g/mol. The predicted molar refractivity (Wildman–Crippen MR) is 90.8 cm³/mol. The number of hydrogen-bond acceptors (Lipinski definition) is 1. The van der Waals surface area contributed by atoms with E-state index >= 15 is 0 Å². The molecule has 0 amide bonds. The molecule has 1 aromatic carbocycles. The lowest BCUT2D eigenvalue weighted by atomic mass is 10.1. The summed E-state index contributed by atoms with van der Waals surface area (Å²) in [4.78, 5) is 0. The van der Waals surface area contributed by atoms with Gasteiger partial charge in [0.15, 0.2) is 0 Å². The van der Waals surface area contributed by atoms with Gasteiger partial charge in [0, 0.05) is 13.1 Å². The van der Waals surface area contributed by atoms with Crippen molar-refractivity contribution in [3.63, 3.8) is 0 Å². The Balaban J connectivity index is 2.15. The molecule has 0 saturated carbocycles. The first kappa shape index (κ1) is 16.5. The van der Waals surface area contributed by atoms with Crippen LogP contribution in [0.15, 0.2) is 59.7 Å². The molecular formula is C19H27N. The van der Waals surface area contributed by atoms with Gasteiger partial charge in [-0.15, -0.1) is 0 Å². The fraction of sp³-hybridized carbons (Fsp3) is 0.368. The summed E-state index contributed by atoms with van der Waals surface area (Å²) < 4.78 is 0. The summed E-state index contributed by atoms with van der Waals surface area (Å²) in [7, 11) is 0. The minimum absolute atomic E-state index is 0.909. The smallest absolute Gasteiger partial charge is 0.0141 e. The molecule has 20 heavy (non-hydrogen) atoms. The number of hydrogen-bond donors (Lipinski definition) is 1. The molecule has 0 aliphatic heterocycles. The van der Waals surface area contributed by atoms with Crippen LogP contribution < -0.4 is 5.32 Å². The third-order valence-corrected chi connectivity index (χ3v) is 3.06. The van der Waals surface area contributed by atoms with Crippen LogP contribution in [0.2, 0.25) is 0 Å². The zero-order valence-electron chi connectivity index (χ0n) is 13.0. The molecule has 1 aromatic rings. The van der Waals surface area contributed by atoms with Gasteiger partial charge in [-0.05, 0) is 39.2 Å². The average Bonchev–Trinajstić information content (AvgIpc) is 2.43. The molecule has 0 unspecified atom stereocenters. The van der Waals surface area contributed by atoms with Crippen molar-refractivity contribution in [2.24, 2.45) is 0 Å². The van der Waals surface area contributed by atoms with E-state index in [1.54, 1.807) is 0 Å². The van der Waals surface area contributed by atoms with Crippen molar-refractivity contribution in [1.82, 2.24) is 5.32 Å². The van der Waals surface area contributed by atoms with Gasteiger partial charge in [-0.3, -0.25) is 0 Å². The summed E-state index contributed by atoms with van der Waals surface area (Å²) in [6, 6.07) is 10.4. The molecule has 0 fully saturated rings. The molecule has 0 radical (unpaired) electrons. The van der Waals surface area contributed by atoms with E-state index in [1.807, 2.05) is 6.07 Å². The first-order valence-corrected chi connectivity index (χ1v) is 7.40. The van der Waals surface area contributed by atoms with Gasteiger partial charge in [0.1, 0.15) is 0 Å². The Morgan fingerprint density at radius 2 is 1.75 bits per heavy atom. The maximum Gasteiger partial charge on any atom is 0.0141 e. The quantitative estimate of drug-likeness (QED) is 0.518. The fourth-order valence-corrected chi connectivity index (χ4v) is 1.86. The molecule has 0 saturated heterocycles. The van der Waals surface area contributed by atoms with Crippen LogP contribution in [0.25, 0.3) is 6.08 Å². The molecule has 1 nitrogen and oxygen atoms in total. The van der Waals surface area contributed by atoms with E-state index < -0.39 is 0 Å². The van der Waals surface area contributed by atoms with Crippen molar-refractivity contribution in [2.45, 2.75) is 33.6 Å². The second-order valence-corrected chi connectivity index (χ2v) is 5.34. The van der Waals surface area contributed by atoms with E-state index in [0.29, 0.717) is 0 Å². The number of nitrogens with one attached hydrogen (secondary N) is 1. The van der Waals surface area contributed by atoms with E-state index in [0.717, 1.165) is 25.9 Å². The van der Waals surface area contributed by atoms with Gasteiger partial charge in [-0.2, -0.15) is 0 Å². The van der Waals surface area contributed by atoms with E-state index in [4.69, 9.17) is 0 Å². The molecule has 108 valence electrons. The van der Waals surface area contributed by atoms with Crippen LogP contribution >= 0.6 is 0 Å². The van der Waals surface area contributed by atoms with Crippen molar-refractivity contribution in [1.29, 1.82) is 0 Å². The summed E-state index contributed by atoms with van der Waals surface area (Å²) in [5.74, 6) is 0. The SMILES string of the molecule is CC(C)=CCC/C(C)=C/CNC/C=C/c1ccccc1. The van der Waals surface area contributed by atoms with E-state index in [1.165, 1.54) is 16.7 Å².